The molecule has 2 aromatic carbocycles. The summed E-state index contributed by atoms with van der Waals surface area (Å²) in [7, 11) is 0. The van der Waals surface area contributed by atoms with E-state index in [0.29, 0.717) is 5.02 Å². The molecule has 0 radical (unpaired) electrons. The second kappa shape index (κ2) is 6.82. The minimum absolute atomic E-state index is 0.0239. The minimum Gasteiger partial charge on any atom is -0.325 e. The molecular weight excluding hydrogens is 290 g/mol. The van der Waals surface area contributed by atoms with Crippen molar-refractivity contribution in [1.29, 1.82) is 0 Å². The van der Waals surface area contributed by atoms with E-state index in [1.165, 1.54) is 11.8 Å². The molecule has 0 saturated carbocycles. The zero-order valence-corrected chi connectivity index (χ0v) is 13.0. The van der Waals surface area contributed by atoms with Crippen LogP contribution in [0.15, 0.2) is 53.4 Å². The van der Waals surface area contributed by atoms with Crippen LogP contribution in [0, 0.1) is 6.92 Å². The van der Waals surface area contributed by atoms with Crippen molar-refractivity contribution in [2.24, 2.45) is 0 Å². The Morgan fingerprint density at radius 2 is 1.85 bits per heavy atom. The molecule has 0 heterocycles. The van der Waals surface area contributed by atoms with Gasteiger partial charge in [-0.1, -0.05) is 35.9 Å². The predicted molar refractivity (Wildman–Crippen MR) is 86.6 cm³/mol. The summed E-state index contributed by atoms with van der Waals surface area (Å²) in [4.78, 5) is 13.3. The largest absolute Gasteiger partial charge is 0.325 e. The molecule has 0 unspecified atom stereocenters. The predicted octanol–water partition coefficient (Wildman–Crippen LogP) is 4.77. The summed E-state index contributed by atoms with van der Waals surface area (Å²) in [6, 6.07) is 15.4. The van der Waals surface area contributed by atoms with Crippen molar-refractivity contribution in [2.75, 3.05) is 5.32 Å². The third-order valence-corrected chi connectivity index (χ3v) is 4.47. The molecule has 2 nitrogen and oxygen atoms in total. The molecule has 104 valence electrons. The van der Waals surface area contributed by atoms with Crippen LogP contribution in [0.3, 0.4) is 0 Å². The SMILES string of the molecule is Cc1c(Cl)cccc1NC(=O)[C@H](C)Sc1ccccc1. The van der Waals surface area contributed by atoms with Crippen LogP contribution in [-0.4, -0.2) is 11.2 Å². The summed E-state index contributed by atoms with van der Waals surface area (Å²) in [5.41, 5.74) is 1.66. The van der Waals surface area contributed by atoms with Crippen molar-refractivity contribution in [3.8, 4) is 0 Å². The molecule has 0 aliphatic carbocycles. The average molecular weight is 306 g/mol. The van der Waals surface area contributed by atoms with Crippen LogP contribution in [0.4, 0.5) is 5.69 Å². The number of thioether (sulfide) groups is 1. The van der Waals surface area contributed by atoms with Gasteiger partial charge in [0, 0.05) is 15.6 Å². The van der Waals surface area contributed by atoms with E-state index in [2.05, 4.69) is 5.32 Å². The van der Waals surface area contributed by atoms with Gasteiger partial charge in [0.1, 0.15) is 0 Å². The molecule has 4 heteroatoms. The Labute approximate surface area is 128 Å². The number of carbonyl (C=O) groups excluding carboxylic acids is 1. The summed E-state index contributed by atoms with van der Waals surface area (Å²) in [6.07, 6.45) is 0. The van der Waals surface area contributed by atoms with Crippen LogP contribution in [-0.2, 0) is 4.79 Å². The summed E-state index contributed by atoms with van der Waals surface area (Å²) in [6.45, 7) is 3.79. The third-order valence-electron chi connectivity index (χ3n) is 2.95. The van der Waals surface area contributed by atoms with Gasteiger partial charge in [-0.25, -0.2) is 0 Å². The highest BCUT2D eigenvalue weighted by atomic mass is 35.5. The Morgan fingerprint density at radius 1 is 1.15 bits per heavy atom. The lowest BCUT2D eigenvalue weighted by Gasteiger charge is -2.14. The van der Waals surface area contributed by atoms with Gasteiger partial charge in [-0.3, -0.25) is 4.79 Å². The van der Waals surface area contributed by atoms with Gasteiger partial charge in [0.05, 0.1) is 5.25 Å². The number of hydrogen-bond donors (Lipinski definition) is 1. The summed E-state index contributed by atoms with van der Waals surface area (Å²) >= 11 is 7.59. The quantitative estimate of drug-likeness (QED) is 0.825. The monoisotopic (exact) mass is 305 g/mol. The topological polar surface area (TPSA) is 29.1 Å². The first-order chi connectivity index (χ1) is 9.58. The third kappa shape index (κ3) is 3.78. The number of amides is 1. The van der Waals surface area contributed by atoms with E-state index in [1.807, 2.05) is 62.4 Å². The highest BCUT2D eigenvalue weighted by Gasteiger charge is 2.15. The van der Waals surface area contributed by atoms with E-state index in [1.54, 1.807) is 0 Å². The Balaban J connectivity index is 2.03. The molecule has 0 saturated heterocycles. The van der Waals surface area contributed by atoms with Crippen molar-refractivity contribution in [1.82, 2.24) is 0 Å². The van der Waals surface area contributed by atoms with Crippen molar-refractivity contribution >= 4 is 35.0 Å². The second-order valence-corrected chi connectivity index (χ2v) is 6.30. The van der Waals surface area contributed by atoms with Gasteiger partial charge >= 0.3 is 0 Å². The molecule has 0 aromatic heterocycles. The fourth-order valence-corrected chi connectivity index (χ4v) is 2.80. The highest BCUT2D eigenvalue weighted by molar-refractivity contribution is 8.00. The van der Waals surface area contributed by atoms with Crippen molar-refractivity contribution in [3.05, 3.63) is 59.1 Å². The number of rotatable bonds is 4. The first-order valence-electron chi connectivity index (χ1n) is 6.35. The second-order valence-electron chi connectivity index (χ2n) is 4.47. The lowest BCUT2D eigenvalue weighted by molar-refractivity contribution is -0.115. The van der Waals surface area contributed by atoms with Gasteiger partial charge in [0.25, 0.3) is 0 Å². The van der Waals surface area contributed by atoms with Crippen molar-refractivity contribution in [3.63, 3.8) is 0 Å². The average Bonchev–Trinajstić information content (AvgIpc) is 2.45. The van der Waals surface area contributed by atoms with Gasteiger partial charge in [0.2, 0.25) is 5.91 Å². The molecule has 20 heavy (non-hydrogen) atoms. The zero-order valence-electron chi connectivity index (χ0n) is 11.4. The highest BCUT2D eigenvalue weighted by Crippen LogP contribution is 2.26. The standard InChI is InChI=1S/C16H16ClNOS/c1-11-14(17)9-6-10-15(11)18-16(19)12(2)20-13-7-4-3-5-8-13/h3-10,12H,1-2H3,(H,18,19)/t12-/m0/s1. The van der Waals surface area contributed by atoms with E-state index < -0.39 is 0 Å². The molecule has 0 bridgehead atoms. The summed E-state index contributed by atoms with van der Waals surface area (Å²) < 4.78 is 0. The molecule has 1 amide bonds. The van der Waals surface area contributed by atoms with Crippen LogP contribution in [0.5, 0.6) is 0 Å². The van der Waals surface area contributed by atoms with Gasteiger partial charge in [-0.15, -0.1) is 11.8 Å². The summed E-state index contributed by atoms with van der Waals surface area (Å²) in [5.74, 6) is -0.0239. The Kier molecular flexibility index (Phi) is 5.10. The molecular formula is C16H16ClNOS. The van der Waals surface area contributed by atoms with Gasteiger partial charge in [-0.05, 0) is 43.7 Å². The molecule has 1 atom stereocenters. The minimum atomic E-state index is -0.171. The van der Waals surface area contributed by atoms with Crippen LogP contribution < -0.4 is 5.32 Å². The number of anilines is 1. The van der Waals surface area contributed by atoms with E-state index in [9.17, 15) is 4.79 Å². The molecule has 0 fully saturated rings. The van der Waals surface area contributed by atoms with Crippen molar-refractivity contribution in [2.45, 2.75) is 24.0 Å². The maximum atomic E-state index is 12.2. The van der Waals surface area contributed by atoms with Gasteiger partial charge in [-0.2, -0.15) is 0 Å². The van der Waals surface area contributed by atoms with Crippen LogP contribution in [0.2, 0.25) is 5.02 Å². The maximum Gasteiger partial charge on any atom is 0.237 e. The molecule has 0 aliphatic heterocycles. The number of nitrogens with one attached hydrogen (secondary N) is 1. The summed E-state index contributed by atoms with van der Waals surface area (Å²) in [5, 5.41) is 3.41. The molecule has 1 N–H and O–H groups in total. The van der Waals surface area contributed by atoms with Crippen LogP contribution in [0.1, 0.15) is 12.5 Å². The van der Waals surface area contributed by atoms with E-state index in [0.717, 1.165) is 16.1 Å². The van der Waals surface area contributed by atoms with Crippen LogP contribution in [0.25, 0.3) is 0 Å². The molecule has 2 rings (SSSR count). The Hall–Kier alpha value is -1.45. The number of hydrogen-bond acceptors (Lipinski definition) is 2. The van der Waals surface area contributed by atoms with Crippen molar-refractivity contribution < 1.29 is 4.79 Å². The Morgan fingerprint density at radius 3 is 2.55 bits per heavy atom. The maximum absolute atomic E-state index is 12.2. The fraction of sp³-hybridized carbons (Fsp3) is 0.188. The van der Waals surface area contributed by atoms with E-state index >= 15 is 0 Å². The molecule has 0 aliphatic rings. The molecule has 0 spiro atoms. The number of carbonyl (C=O) groups is 1. The lowest BCUT2D eigenvalue weighted by atomic mass is 10.2. The normalized spacial score (nSPS) is 11.9. The number of halogens is 1. The fourth-order valence-electron chi connectivity index (χ4n) is 1.73. The lowest BCUT2D eigenvalue weighted by Crippen LogP contribution is -2.22. The first-order valence-corrected chi connectivity index (χ1v) is 7.61. The van der Waals surface area contributed by atoms with E-state index in [4.69, 9.17) is 11.6 Å². The number of benzene rings is 2. The van der Waals surface area contributed by atoms with E-state index in [-0.39, 0.29) is 11.2 Å². The molecule has 2 aromatic rings. The van der Waals surface area contributed by atoms with Gasteiger partial charge in [0.15, 0.2) is 0 Å². The first kappa shape index (κ1) is 14.9. The van der Waals surface area contributed by atoms with Gasteiger partial charge < -0.3 is 5.32 Å². The Bertz CT molecular complexity index is 601. The zero-order chi connectivity index (χ0) is 14.5. The van der Waals surface area contributed by atoms with Crippen LogP contribution >= 0.6 is 23.4 Å². The smallest absolute Gasteiger partial charge is 0.237 e.